The number of rotatable bonds is 3. The Hall–Kier alpha value is -5.26. The van der Waals surface area contributed by atoms with Gasteiger partial charge in [-0.3, -0.25) is 0 Å². The molecule has 1 fully saturated rings. The highest BCUT2D eigenvalue weighted by molar-refractivity contribution is 7.32. The number of aryl methyl sites for hydroxylation is 2. The van der Waals surface area contributed by atoms with Crippen LogP contribution in [0.2, 0.25) is 0 Å². The van der Waals surface area contributed by atoms with E-state index in [1.807, 2.05) is 0 Å². The molecule has 16 rings (SSSR count). The summed E-state index contributed by atoms with van der Waals surface area (Å²) in [6.07, 6.45) is 14.4. The van der Waals surface area contributed by atoms with Crippen molar-refractivity contribution in [2.24, 2.45) is 0 Å². The van der Waals surface area contributed by atoms with E-state index in [1.165, 1.54) is 148 Å². The Balaban J connectivity index is 1.10. The second-order valence-corrected chi connectivity index (χ2v) is 38.7. The van der Waals surface area contributed by atoms with Gasteiger partial charge in [-0.05, 0) is 254 Å². The van der Waals surface area contributed by atoms with E-state index < -0.39 is 0 Å². The summed E-state index contributed by atoms with van der Waals surface area (Å²) in [6.45, 7) is 56.5. The van der Waals surface area contributed by atoms with Gasteiger partial charge in [0.15, 0.2) is 0 Å². The fourth-order valence-corrected chi connectivity index (χ4v) is 22.8. The van der Waals surface area contributed by atoms with Gasteiger partial charge in [0.05, 0.1) is 11.2 Å². The normalized spacial score (nSPS) is 27.9. The van der Waals surface area contributed by atoms with Crippen LogP contribution in [0.5, 0.6) is 0 Å². The Bertz CT molecular complexity index is 4300. The minimum absolute atomic E-state index is 0.00489. The molecule has 90 heavy (non-hydrogen) atoms. The lowest BCUT2D eigenvalue weighted by atomic mass is 9.31. The molecule has 7 aromatic rings. The van der Waals surface area contributed by atoms with E-state index >= 15 is 0 Å². The van der Waals surface area contributed by atoms with Gasteiger partial charge in [-0.15, -0.1) is 11.3 Å². The number of fused-ring (bicyclic) bond motifs is 15. The standard InChI is InChI=1S/C85H106BN3S/c1-49-39-56-61(80(13,14)36-31-75(56,3)4)46-65(49)87-67-41-51(89-64-28-24-23-27-54(64)84(21)29-25-26-30-85(84,89)22)42-68-71(67)86(74-72(87)53-44-59-63(48-69(53)90-74)82(17,18)38-34-78(59,9)10)70-52-43-58-60(79(11,12)35-33-77(58,7)8)45-55(52)83(19,20)73(70)88(68)66-47-62-57(40-50(66)2)76(5,6)32-37-81(62,15)16/h23-24,27-28,39-48,70,73H,25-26,29-38H2,1-22H3. The van der Waals surface area contributed by atoms with E-state index in [9.17, 15) is 0 Å². The van der Waals surface area contributed by atoms with Gasteiger partial charge in [0.25, 0.3) is 0 Å². The minimum Gasteiger partial charge on any atom is -0.338 e. The van der Waals surface area contributed by atoms with Crippen LogP contribution in [0.15, 0.2) is 84.9 Å². The van der Waals surface area contributed by atoms with Gasteiger partial charge in [-0.2, -0.15) is 0 Å². The van der Waals surface area contributed by atoms with Crippen molar-refractivity contribution < 1.29 is 0 Å². The summed E-state index contributed by atoms with van der Waals surface area (Å²) >= 11 is 2.18. The van der Waals surface area contributed by atoms with E-state index in [2.05, 4.69) is 263 Å². The zero-order valence-corrected chi connectivity index (χ0v) is 60.4. The average Bonchev–Trinajstić information content (AvgIpc) is 1.39. The van der Waals surface area contributed by atoms with Crippen molar-refractivity contribution in [3.63, 3.8) is 0 Å². The molecule has 4 atom stereocenters. The quantitative estimate of drug-likeness (QED) is 0.163. The number of anilines is 7. The van der Waals surface area contributed by atoms with Crippen molar-refractivity contribution in [3.8, 4) is 0 Å². The van der Waals surface area contributed by atoms with Gasteiger partial charge in [-0.1, -0.05) is 187 Å². The maximum Gasteiger partial charge on any atom is 0.240 e. The monoisotopic (exact) mass is 1210 g/mol. The second kappa shape index (κ2) is 18.1. The molecule has 6 aliphatic carbocycles. The lowest BCUT2D eigenvalue weighted by molar-refractivity contribution is 0.195. The summed E-state index contributed by atoms with van der Waals surface area (Å²) in [5.41, 5.74) is 31.4. The zero-order chi connectivity index (χ0) is 63.9. The Kier molecular flexibility index (Phi) is 12.0. The fraction of sp³-hybridized carbons (Fsp3) is 0.553. The molecule has 1 saturated carbocycles. The zero-order valence-electron chi connectivity index (χ0n) is 59.6. The molecule has 6 aromatic carbocycles. The molecular weight excluding hydrogens is 1110 g/mol. The van der Waals surface area contributed by atoms with Gasteiger partial charge in [0.1, 0.15) is 0 Å². The summed E-state index contributed by atoms with van der Waals surface area (Å²) in [7, 11) is 0. The molecule has 9 aliphatic rings. The van der Waals surface area contributed by atoms with Gasteiger partial charge in [0, 0.05) is 65.9 Å². The molecule has 0 saturated heterocycles. The predicted octanol–water partition coefficient (Wildman–Crippen LogP) is 22.2. The maximum atomic E-state index is 3.07. The van der Waals surface area contributed by atoms with Gasteiger partial charge in [-0.25, -0.2) is 0 Å². The second-order valence-electron chi connectivity index (χ2n) is 37.6. The first-order valence-corrected chi connectivity index (χ1v) is 36.5. The van der Waals surface area contributed by atoms with Crippen LogP contribution in [0.25, 0.3) is 10.1 Å². The Morgan fingerprint density at radius 2 is 0.867 bits per heavy atom. The van der Waals surface area contributed by atoms with E-state index in [1.54, 1.807) is 54.8 Å². The van der Waals surface area contributed by atoms with Gasteiger partial charge >= 0.3 is 0 Å². The van der Waals surface area contributed by atoms with E-state index in [-0.39, 0.29) is 78.3 Å². The molecule has 5 heteroatoms. The minimum atomic E-state index is -0.236. The molecular formula is C85H106BN3S. The van der Waals surface area contributed by atoms with Crippen molar-refractivity contribution in [3.05, 3.63) is 157 Å². The van der Waals surface area contributed by atoms with Crippen LogP contribution in [0.1, 0.15) is 294 Å². The molecule has 0 amide bonds. The highest BCUT2D eigenvalue weighted by Gasteiger charge is 2.63. The molecule has 0 spiro atoms. The van der Waals surface area contributed by atoms with Gasteiger partial charge in [0.2, 0.25) is 6.71 Å². The van der Waals surface area contributed by atoms with Crippen LogP contribution in [0, 0.1) is 13.8 Å². The molecule has 0 bridgehead atoms. The molecule has 3 nitrogen and oxygen atoms in total. The topological polar surface area (TPSA) is 9.72 Å². The predicted molar refractivity (Wildman–Crippen MR) is 390 cm³/mol. The van der Waals surface area contributed by atoms with E-state index in [0.29, 0.717) is 0 Å². The van der Waals surface area contributed by atoms with E-state index in [4.69, 9.17) is 0 Å². The third-order valence-electron chi connectivity index (χ3n) is 28.0. The maximum absolute atomic E-state index is 3.07. The number of thiophene rings is 1. The van der Waals surface area contributed by atoms with Crippen molar-refractivity contribution in [1.29, 1.82) is 0 Å². The lowest BCUT2D eigenvalue weighted by Crippen LogP contribution is -2.64. The highest BCUT2D eigenvalue weighted by atomic mass is 32.1. The first-order chi connectivity index (χ1) is 41.9. The van der Waals surface area contributed by atoms with Crippen LogP contribution < -0.4 is 24.9 Å². The van der Waals surface area contributed by atoms with E-state index in [0.717, 1.165) is 6.42 Å². The number of hydrogen-bond acceptors (Lipinski definition) is 4. The number of benzene rings is 6. The van der Waals surface area contributed by atoms with Crippen molar-refractivity contribution in [2.75, 3.05) is 14.7 Å². The highest BCUT2D eigenvalue weighted by Crippen LogP contribution is 2.66. The SMILES string of the molecule is Cc1cc2c(cc1N1c3cc(N4c5ccccc5C5(C)CCCCC45C)cc4c3B(c3sc5cc6c(cc5c31)C(C)(C)CCC6(C)C)C1c3cc5c(cc3C(C)(C)C1N4c1cc3c(cc1C)C(C)(C)CCC3(C)C)C(C)(C)CCC5(C)C)C(C)(C)CCC2(C)C. The largest absolute Gasteiger partial charge is 0.338 e. The summed E-state index contributed by atoms with van der Waals surface area (Å²) in [5, 5.41) is 1.45. The smallest absolute Gasteiger partial charge is 0.240 e. The number of para-hydroxylation sites is 1. The van der Waals surface area contributed by atoms with Crippen LogP contribution in [-0.2, 0) is 54.1 Å². The molecule has 0 radical (unpaired) electrons. The van der Waals surface area contributed by atoms with Crippen molar-refractivity contribution >= 4 is 78.2 Å². The Morgan fingerprint density at radius 1 is 0.411 bits per heavy atom. The molecule has 4 unspecified atom stereocenters. The number of nitrogens with zero attached hydrogens (tertiary/aromatic N) is 3. The molecule has 1 aromatic heterocycles. The first kappa shape index (κ1) is 59.7. The Labute approximate surface area is 547 Å². The van der Waals surface area contributed by atoms with Crippen molar-refractivity contribution in [1.82, 2.24) is 0 Å². The third kappa shape index (κ3) is 7.71. The van der Waals surface area contributed by atoms with Gasteiger partial charge < -0.3 is 14.7 Å². The first-order valence-electron chi connectivity index (χ1n) is 35.7. The molecule has 0 N–H and O–H groups in total. The number of hydrogen-bond donors (Lipinski definition) is 0. The summed E-state index contributed by atoms with van der Waals surface area (Å²) < 4.78 is 3.03. The Morgan fingerprint density at radius 3 is 1.43 bits per heavy atom. The van der Waals surface area contributed by atoms with Crippen LogP contribution in [0.4, 0.5) is 39.8 Å². The summed E-state index contributed by atoms with van der Waals surface area (Å²) in [4.78, 5) is 8.95. The summed E-state index contributed by atoms with van der Waals surface area (Å²) in [6, 6.07) is 37.5. The fourth-order valence-electron chi connectivity index (χ4n) is 21.4. The average molecular weight is 1210 g/mol. The molecule has 4 heterocycles. The third-order valence-corrected chi connectivity index (χ3v) is 29.2. The van der Waals surface area contributed by atoms with Crippen molar-refractivity contribution in [2.45, 2.75) is 301 Å². The summed E-state index contributed by atoms with van der Waals surface area (Å²) in [5.74, 6) is 0.172. The van der Waals surface area contributed by atoms with Crippen LogP contribution in [0.3, 0.4) is 0 Å². The van der Waals surface area contributed by atoms with Crippen LogP contribution >= 0.6 is 11.3 Å². The molecule has 3 aliphatic heterocycles. The van der Waals surface area contributed by atoms with Crippen LogP contribution in [-0.4, -0.2) is 18.3 Å². The lowest BCUT2D eigenvalue weighted by Gasteiger charge is -2.54. The molecule has 470 valence electrons.